The molecule has 0 radical (unpaired) electrons. The second-order valence-corrected chi connectivity index (χ2v) is 11.8. The fourth-order valence-electron chi connectivity index (χ4n) is 4.16. The lowest BCUT2D eigenvalue weighted by Crippen LogP contribution is -2.28. The van der Waals surface area contributed by atoms with Gasteiger partial charge in [-0.15, -0.1) is 0 Å². The number of ether oxygens (including phenoxy) is 2. The molecule has 0 aromatic heterocycles. The van der Waals surface area contributed by atoms with Gasteiger partial charge in [0.15, 0.2) is 23.3 Å². The maximum Gasteiger partial charge on any atom is 0.271 e. The summed E-state index contributed by atoms with van der Waals surface area (Å²) in [6.07, 6.45) is 1.76. The summed E-state index contributed by atoms with van der Waals surface area (Å²) in [6, 6.07) is 24.6. The van der Waals surface area contributed by atoms with Crippen LogP contribution < -0.4 is 19.7 Å². The number of benzene rings is 4. The molecule has 0 aliphatic carbocycles. The van der Waals surface area contributed by atoms with Gasteiger partial charge >= 0.3 is 0 Å². The largest absolute Gasteiger partial charge is 0.490 e. The number of amidine groups is 1. The fourth-order valence-corrected chi connectivity index (χ4v) is 5.59. The van der Waals surface area contributed by atoms with Crippen LogP contribution in [0.3, 0.4) is 0 Å². The van der Waals surface area contributed by atoms with Crippen molar-refractivity contribution in [3.8, 4) is 11.5 Å². The molecular formula is C33H26Cl3N3O4S. The van der Waals surface area contributed by atoms with Gasteiger partial charge in [-0.25, -0.2) is 4.99 Å². The topological polar surface area (TPSA) is 80.2 Å². The third kappa shape index (κ3) is 7.76. The van der Waals surface area contributed by atoms with Gasteiger partial charge in [0, 0.05) is 20.8 Å². The van der Waals surface area contributed by atoms with E-state index >= 15 is 0 Å². The summed E-state index contributed by atoms with van der Waals surface area (Å²) in [5.74, 6) is 0.245. The van der Waals surface area contributed by atoms with E-state index in [0.29, 0.717) is 65.9 Å². The standard InChI is InChI=1S/C33H26Cl3N3O4S/c1-3-42-29-16-21(5-15-28(29)43-19-31(40)37-25-10-4-20(2)27(36)18-25)17-30-32(41)39(26-13-8-23(35)9-14-26)33(44-30)38-24-11-6-22(34)7-12-24/h4-18H,3,19H2,1-2H3,(H,37,40)/b30-17-,38-33?. The number of anilines is 2. The van der Waals surface area contributed by atoms with Crippen LogP contribution in [-0.4, -0.2) is 30.2 Å². The third-order valence-electron chi connectivity index (χ3n) is 6.32. The van der Waals surface area contributed by atoms with Gasteiger partial charge in [0.2, 0.25) is 0 Å². The number of hydrogen-bond donors (Lipinski definition) is 1. The van der Waals surface area contributed by atoms with Crippen molar-refractivity contribution >= 4 is 86.7 Å². The molecule has 0 saturated carbocycles. The molecule has 1 aliphatic rings. The van der Waals surface area contributed by atoms with Gasteiger partial charge in [0.25, 0.3) is 11.8 Å². The number of carbonyl (C=O) groups excluding carboxylic acids is 2. The van der Waals surface area contributed by atoms with Crippen LogP contribution in [0.15, 0.2) is 94.8 Å². The molecule has 44 heavy (non-hydrogen) atoms. The molecule has 0 unspecified atom stereocenters. The van der Waals surface area contributed by atoms with Crippen molar-refractivity contribution in [1.29, 1.82) is 0 Å². The molecule has 4 aromatic rings. The minimum absolute atomic E-state index is 0.235. The van der Waals surface area contributed by atoms with Crippen LogP contribution in [0.5, 0.6) is 11.5 Å². The first-order valence-corrected chi connectivity index (χ1v) is 15.4. The Labute approximate surface area is 274 Å². The second kappa shape index (κ2) is 14.2. The number of halogens is 3. The first-order chi connectivity index (χ1) is 21.2. The molecule has 1 aliphatic heterocycles. The van der Waals surface area contributed by atoms with Gasteiger partial charge in [-0.1, -0.05) is 46.9 Å². The van der Waals surface area contributed by atoms with Crippen LogP contribution in [0.2, 0.25) is 15.1 Å². The Morgan fingerprint density at radius 3 is 2.30 bits per heavy atom. The lowest BCUT2D eigenvalue weighted by atomic mass is 10.1. The highest BCUT2D eigenvalue weighted by Crippen LogP contribution is 2.39. The fraction of sp³-hybridized carbons (Fsp3) is 0.121. The Morgan fingerprint density at radius 2 is 1.61 bits per heavy atom. The van der Waals surface area contributed by atoms with E-state index in [1.807, 2.05) is 19.9 Å². The van der Waals surface area contributed by atoms with Gasteiger partial charge in [0.1, 0.15) is 0 Å². The van der Waals surface area contributed by atoms with Gasteiger partial charge in [-0.3, -0.25) is 14.5 Å². The normalized spacial score (nSPS) is 14.8. The molecule has 2 amide bonds. The van der Waals surface area contributed by atoms with E-state index in [0.717, 1.165) is 5.56 Å². The van der Waals surface area contributed by atoms with Crippen LogP contribution in [0, 0.1) is 6.92 Å². The molecule has 224 valence electrons. The van der Waals surface area contributed by atoms with E-state index in [-0.39, 0.29) is 18.4 Å². The summed E-state index contributed by atoms with van der Waals surface area (Å²) in [4.78, 5) is 32.9. The van der Waals surface area contributed by atoms with Crippen LogP contribution in [0.1, 0.15) is 18.1 Å². The Kier molecular flexibility index (Phi) is 10.2. The monoisotopic (exact) mass is 665 g/mol. The molecule has 0 atom stereocenters. The summed E-state index contributed by atoms with van der Waals surface area (Å²) < 4.78 is 11.6. The average molecular weight is 667 g/mol. The lowest BCUT2D eigenvalue weighted by molar-refractivity contribution is -0.118. The molecule has 1 fully saturated rings. The molecular weight excluding hydrogens is 641 g/mol. The van der Waals surface area contributed by atoms with Crippen molar-refractivity contribution in [2.75, 3.05) is 23.4 Å². The minimum atomic E-state index is -0.346. The number of nitrogens with zero attached hydrogens (tertiary/aromatic N) is 2. The van der Waals surface area contributed by atoms with Gasteiger partial charge in [-0.05, 0) is 116 Å². The molecule has 7 nitrogen and oxygen atoms in total. The molecule has 0 bridgehead atoms. The van der Waals surface area contributed by atoms with Gasteiger partial charge in [-0.2, -0.15) is 0 Å². The van der Waals surface area contributed by atoms with Crippen molar-refractivity contribution in [1.82, 2.24) is 0 Å². The van der Waals surface area contributed by atoms with E-state index in [4.69, 9.17) is 49.3 Å². The van der Waals surface area contributed by atoms with E-state index < -0.39 is 0 Å². The van der Waals surface area contributed by atoms with Crippen molar-refractivity contribution in [3.05, 3.63) is 116 Å². The lowest BCUT2D eigenvalue weighted by Gasteiger charge is -2.15. The summed E-state index contributed by atoms with van der Waals surface area (Å²) in [5, 5.41) is 4.97. The summed E-state index contributed by atoms with van der Waals surface area (Å²) >= 11 is 19.6. The number of aliphatic imine (C=N–C) groups is 1. The molecule has 11 heteroatoms. The number of nitrogens with one attached hydrogen (secondary N) is 1. The first-order valence-electron chi connectivity index (χ1n) is 13.5. The number of thioether (sulfide) groups is 1. The van der Waals surface area contributed by atoms with Crippen LogP contribution in [-0.2, 0) is 9.59 Å². The number of amides is 2. The maximum absolute atomic E-state index is 13.7. The number of hydrogen-bond acceptors (Lipinski definition) is 6. The van der Waals surface area contributed by atoms with Crippen LogP contribution in [0.25, 0.3) is 6.08 Å². The Balaban J connectivity index is 1.37. The maximum atomic E-state index is 13.7. The predicted octanol–water partition coefficient (Wildman–Crippen LogP) is 9.18. The summed E-state index contributed by atoms with van der Waals surface area (Å²) in [7, 11) is 0. The molecule has 4 aromatic carbocycles. The number of carbonyl (C=O) groups is 2. The quantitative estimate of drug-likeness (QED) is 0.180. The van der Waals surface area contributed by atoms with Crippen molar-refractivity contribution in [2.24, 2.45) is 4.99 Å². The van der Waals surface area contributed by atoms with E-state index in [1.54, 1.807) is 89.8 Å². The Morgan fingerprint density at radius 1 is 0.909 bits per heavy atom. The average Bonchev–Trinajstić information content (AvgIpc) is 3.30. The smallest absolute Gasteiger partial charge is 0.271 e. The van der Waals surface area contributed by atoms with Crippen LogP contribution >= 0.6 is 46.6 Å². The van der Waals surface area contributed by atoms with E-state index in [9.17, 15) is 9.59 Å². The highest BCUT2D eigenvalue weighted by atomic mass is 35.5. The molecule has 1 saturated heterocycles. The highest BCUT2D eigenvalue weighted by molar-refractivity contribution is 8.19. The predicted molar refractivity (Wildman–Crippen MR) is 181 cm³/mol. The SMILES string of the molecule is CCOc1cc(/C=C2\SC(=Nc3ccc(Cl)cc3)N(c3ccc(Cl)cc3)C2=O)ccc1OCC(=O)Nc1ccc(C)c(Cl)c1. The zero-order valence-electron chi connectivity index (χ0n) is 23.6. The first kappa shape index (κ1) is 31.5. The van der Waals surface area contributed by atoms with Crippen LogP contribution in [0.4, 0.5) is 17.1 Å². The molecule has 0 spiro atoms. The zero-order chi connectivity index (χ0) is 31.2. The van der Waals surface area contributed by atoms with Crippen molar-refractivity contribution < 1.29 is 19.1 Å². The van der Waals surface area contributed by atoms with E-state index in [2.05, 4.69) is 5.32 Å². The second-order valence-electron chi connectivity index (χ2n) is 9.54. The van der Waals surface area contributed by atoms with E-state index in [1.165, 1.54) is 11.8 Å². The van der Waals surface area contributed by atoms with Crippen molar-refractivity contribution in [3.63, 3.8) is 0 Å². The minimum Gasteiger partial charge on any atom is -0.490 e. The molecule has 1 N–H and O–H groups in total. The summed E-state index contributed by atoms with van der Waals surface area (Å²) in [6.45, 7) is 3.88. The Hall–Kier alpha value is -3.95. The molecule has 5 rings (SSSR count). The zero-order valence-corrected chi connectivity index (χ0v) is 26.7. The van der Waals surface area contributed by atoms with Crippen molar-refractivity contribution in [2.45, 2.75) is 13.8 Å². The highest BCUT2D eigenvalue weighted by Gasteiger charge is 2.35. The van der Waals surface area contributed by atoms with Gasteiger partial charge in [0.05, 0.1) is 22.9 Å². The van der Waals surface area contributed by atoms with Gasteiger partial charge < -0.3 is 14.8 Å². The third-order valence-corrected chi connectivity index (χ3v) is 8.20. The molecule has 1 heterocycles. The number of aryl methyl sites for hydroxylation is 1. The summed E-state index contributed by atoms with van der Waals surface area (Å²) in [5.41, 5.74) is 3.48. The number of rotatable bonds is 9. The Bertz CT molecular complexity index is 1760.